The van der Waals surface area contributed by atoms with E-state index in [0.29, 0.717) is 0 Å². The summed E-state index contributed by atoms with van der Waals surface area (Å²) in [6.45, 7) is 5.35. The summed E-state index contributed by atoms with van der Waals surface area (Å²) in [5.74, 6) is 2.85. The fraction of sp³-hybridized carbons (Fsp3) is 0.786. The van der Waals surface area contributed by atoms with Crippen LogP contribution in [0.25, 0.3) is 0 Å². The maximum atomic E-state index is 5.39. The van der Waals surface area contributed by atoms with Gasteiger partial charge in [-0.2, -0.15) is 0 Å². The van der Waals surface area contributed by atoms with Crippen LogP contribution in [0.4, 0.5) is 0 Å². The highest BCUT2D eigenvalue weighted by atomic mass is 16.5. The van der Waals surface area contributed by atoms with Crippen LogP contribution in [0.3, 0.4) is 0 Å². The van der Waals surface area contributed by atoms with E-state index in [-0.39, 0.29) is 0 Å². The number of ether oxygens (including phenoxy) is 1. The van der Waals surface area contributed by atoms with Crippen LogP contribution in [0.1, 0.15) is 25.1 Å². The van der Waals surface area contributed by atoms with Gasteiger partial charge in [0.2, 0.25) is 0 Å². The molecule has 1 N–H and O–H groups in total. The molecule has 1 fully saturated rings. The molecule has 100 valence electrons. The molecule has 0 aromatic carbocycles. The van der Waals surface area contributed by atoms with Crippen molar-refractivity contribution in [1.29, 1.82) is 0 Å². The number of aryl methyl sites for hydroxylation is 1. The van der Waals surface area contributed by atoms with E-state index in [2.05, 4.69) is 21.1 Å². The summed E-state index contributed by atoms with van der Waals surface area (Å²) in [5.41, 5.74) is 0. The average Bonchev–Trinajstić information content (AvgIpc) is 2.87. The highest BCUT2D eigenvalue weighted by Gasteiger charge is 2.19. The minimum Gasteiger partial charge on any atom is -0.381 e. The minimum absolute atomic E-state index is 0.770. The standard InChI is InChI=1S/C14H23N3O/c1-2-14-16-5-6-17(14)11-13(1)10-15-9-12-3-7-18-8-4-12/h5-6,12-13,15H,1-4,7-11H2. The molecule has 0 aliphatic carbocycles. The summed E-state index contributed by atoms with van der Waals surface area (Å²) in [6.07, 6.45) is 8.90. The predicted molar refractivity (Wildman–Crippen MR) is 70.5 cm³/mol. The lowest BCUT2D eigenvalue weighted by Crippen LogP contribution is -2.34. The lowest BCUT2D eigenvalue weighted by Gasteiger charge is -2.26. The van der Waals surface area contributed by atoms with Crippen molar-refractivity contribution in [2.75, 3.05) is 26.3 Å². The van der Waals surface area contributed by atoms with Gasteiger partial charge in [-0.1, -0.05) is 0 Å². The summed E-state index contributed by atoms with van der Waals surface area (Å²) >= 11 is 0. The molecule has 0 spiro atoms. The Morgan fingerprint density at radius 2 is 2.06 bits per heavy atom. The van der Waals surface area contributed by atoms with Crippen LogP contribution in [0.15, 0.2) is 12.4 Å². The first-order chi connectivity index (χ1) is 8.92. The molecule has 1 aromatic heterocycles. The quantitative estimate of drug-likeness (QED) is 0.878. The molecule has 0 saturated carbocycles. The molecular weight excluding hydrogens is 226 g/mol. The van der Waals surface area contributed by atoms with Gasteiger partial charge in [0.15, 0.2) is 0 Å². The van der Waals surface area contributed by atoms with Crippen molar-refractivity contribution < 1.29 is 4.74 Å². The van der Waals surface area contributed by atoms with Crippen LogP contribution >= 0.6 is 0 Å². The second kappa shape index (κ2) is 5.85. The molecular formula is C14H23N3O. The van der Waals surface area contributed by atoms with Crippen molar-refractivity contribution in [2.24, 2.45) is 11.8 Å². The Morgan fingerprint density at radius 3 is 2.94 bits per heavy atom. The average molecular weight is 249 g/mol. The molecule has 0 radical (unpaired) electrons. The van der Waals surface area contributed by atoms with Crippen LogP contribution in [-0.4, -0.2) is 35.9 Å². The van der Waals surface area contributed by atoms with Gasteiger partial charge < -0.3 is 14.6 Å². The Balaban J connectivity index is 1.39. The van der Waals surface area contributed by atoms with Crippen LogP contribution in [0.2, 0.25) is 0 Å². The second-order valence-corrected chi connectivity index (χ2v) is 5.61. The van der Waals surface area contributed by atoms with Crippen molar-refractivity contribution in [3.05, 3.63) is 18.2 Å². The maximum absolute atomic E-state index is 5.39. The van der Waals surface area contributed by atoms with Gasteiger partial charge in [-0.05, 0) is 44.2 Å². The van der Waals surface area contributed by atoms with Gasteiger partial charge in [0.1, 0.15) is 5.82 Å². The zero-order valence-electron chi connectivity index (χ0n) is 11.0. The Kier molecular flexibility index (Phi) is 3.96. The summed E-state index contributed by atoms with van der Waals surface area (Å²) in [5, 5.41) is 3.66. The third-order valence-electron chi connectivity index (χ3n) is 4.24. The Bertz CT molecular complexity index is 371. The molecule has 3 rings (SSSR count). The molecule has 1 atom stereocenters. The zero-order chi connectivity index (χ0) is 12.2. The van der Waals surface area contributed by atoms with E-state index in [1.165, 1.54) is 25.1 Å². The number of fused-ring (bicyclic) bond motifs is 1. The lowest BCUT2D eigenvalue weighted by molar-refractivity contribution is 0.0659. The molecule has 1 unspecified atom stereocenters. The maximum Gasteiger partial charge on any atom is 0.108 e. The number of rotatable bonds is 4. The van der Waals surface area contributed by atoms with Crippen molar-refractivity contribution in [3.8, 4) is 0 Å². The SMILES string of the molecule is c1cn2c(n1)CCC(CNCC1CCOCC1)C2. The van der Waals surface area contributed by atoms with Gasteiger partial charge in [-0.3, -0.25) is 0 Å². The normalized spacial score (nSPS) is 25.0. The van der Waals surface area contributed by atoms with E-state index in [1.54, 1.807) is 0 Å². The van der Waals surface area contributed by atoms with E-state index in [0.717, 1.165) is 51.1 Å². The zero-order valence-corrected chi connectivity index (χ0v) is 11.0. The van der Waals surface area contributed by atoms with E-state index in [1.807, 2.05) is 6.20 Å². The first kappa shape index (κ1) is 12.2. The smallest absolute Gasteiger partial charge is 0.108 e. The summed E-state index contributed by atoms with van der Waals surface area (Å²) in [4.78, 5) is 4.37. The van der Waals surface area contributed by atoms with Gasteiger partial charge in [-0.25, -0.2) is 4.98 Å². The van der Waals surface area contributed by atoms with Crippen LogP contribution < -0.4 is 5.32 Å². The summed E-state index contributed by atoms with van der Waals surface area (Å²) in [7, 11) is 0. The fourth-order valence-corrected chi connectivity index (χ4v) is 3.05. The van der Waals surface area contributed by atoms with Crippen LogP contribution in [0.5, 0.6) is 0 Å². The first-order valence-electron chi connectivity index (χ1n) is 7.20. The monoisotopic (exact) mass is 249 g/mol. The van der Waals surface area contributed by atoms with Crippen LogP contribution in [0, 0.1) is 11.8 Å². The van der Waals surface area contributed by atoms with Gasteiger partial charge >= 0.3 is 0 Å². The lowest BCUT2D eigenvalue weighted by atomic mass is 9.97. The Labute approximate surface area is 109 Å². The molecule has 1 aromatic rings. The third-order valence-corrected chi connectivity index (χ3v) is 4.24. The molecule has 2 aliphatic rings. The number of aromatic nitrogens is 2. The molecule has 0 amide bonds. The number of nitrogens with one attached hydrogen (secondary N) is 1. The highest BCUT2D eigenvalue weighted by molar-refractivity contribution is 4.96. The summed E-state index contributed by atoms with van der Waals surface area (Å²) < 4.78 is 7.70. The fourth-order valence-electron chi connectivity index (χ4n) is 3.05. The van der Waals surface area contributed by atoms with Gasteiger partial charge in [0.25, 0.3) is 0 Å². The highest BCUT2D eigenvalue weighted by Crippen LogP contribution is 2.18. The van der Waals surface area contributed by atoms with Gasteiger partial charge in [0.05, 0.1) is 0 Å². The van der Waals surface area contributed by atoms with E-state index in [4.69, 9.17) is 4.74 Å². The minimum atomic E-state index is 0.770. The van der Waals surface area contributed by atoms with Crippen molar-refractivity contribution in [1.82, 2.24) is 14.9 Å². The van der Waals surface area contributed by atoms with Gasteiger partial charge in [-0.15, -0.1) is 0 Å². The molecule has 1 saturated heterocycles. The van der Waals surface area contributed by atoms with Crippen LogP contribution in [-0.2, 0) is 17.7 Å². The second-order valence-electron chi connectivity index (χ2n) is 5.61. The van der Waals surface area contributed by atoms with E-state index < -0.39 is 0 Å². The third kappa shape index (κ3) is 2.93. The van der Waals surface area contributed by atoms with Crippen molar-refractivity contribution in [3.63, 3.8) is 0 Å². The molecule has 4 heteroatoms. The number of hydrogen-bond donors (Lipinski definition) is 1. The number of hydrogen-bond acceptors (Lipinski definition) is 3. The van der Waals surface area contributed by atoms with E-state index >= 15 is 0 Å². The molecule has 3 heterocycles. The number of imidazole rings is 1. The number of nitrogens with zero attached hydrogens (tertiary/aromatic N) is 2. The van der Waals surface area contributed by atoms with Crippen molar-refractivity contribution in [2.45, 2.75) is 32.2 Å². The van der Waals surface area contributed by atoms with Crippen molar-refractivity contribution >= 4 is 0 Å². The first-order valence-corrected chi connectivity index (χ1v) is 7.20. The van der Waals surface area contributed by atoms with Gasteiger partial charge in [0, 0.05) is 38.6 Å². The molecule has 18 heavy (non-hydrogen) atoms. The molecule has 2 aliphatic heterocycles. The largest absolute Gasteiger partial charge is 0.381 e. The predicted octanol–water partition coefficient (Wildman–Crippen LogP) is 1.46. The Morgan fingerprint density at radius 1 is 1.22 bits per heavy atom. The molecule has 4 nitrogen and oxygen atoms in total. The Hall–Kier alpha value is -0.870. The molecule has 0 bridgehead atoms. The van der Waals surface area contributed by atoms with E-state index in [9.17, 15) is 0 Å². The summed E-state index contributed by atoms with van der Waals surface area (Å²) in [6, 6.07) is 0. The topological polar surface area (TPSA) is 39.1 Å².